The zero-order chi connectivity index (χ0) is 13.8. The van der Waals surface area contributed by atoms with Gasteiger partial charge in [-0.2, -0.15) is 0 Å². The topological polar surface area (TPSA) is 30.7 Å². The molecule has 0 bridgehead atoms. The van der Waals surface area contributed by atoms with Crippen molar-refractivity contribution < 1.29 is 0 Å². The van der Waals surface area contributed by atoms with E-state index in [1.54, 1.807) is 0 Å². The van der Waals surface area contributed by atoms with Crippen LogP contribution in [0.25, 0.3) is 0 Å². The van der Waals surface area contributed by atoms with Gasteiger partial charge in [-0.3, -0.25) is 0 Å². The maximum absolute atomic E-state index is 4.41. The van der Waals surface area contributed by atoms with Gasteiger partial charge in [-0.05, 0) is 32.6 Å². The van der Waals surface area contributed by atoms with E-state index in [0.29, 0.717) is 0 Å². The molecule has 1 aromatic heterocycles. The van der Waals surface area contributed by atoms with Crippen LogP contribution in [-0.2, 0) is 11.0 Å². The number of aromatic nitrogens is 3. The van der Waals surface area contributed by atoms with Gasteiger partial charge in [0, 0.05) is 5.41 Å². The van der Waals surface area contributed by atoms with Crippen molar-refractivity contribution in [2.75, 3.05) is 0 Å². The second-order valence-corrected chi connectivity index (χ2v) is 5.90. The molecule has 1 aromatic rings. The normalized spacial score (nSPS) is 15.7. The fraction of sp³-hybridized carbons (Fsp3) is 0.867. The summed E-state index contributed by atoms with van der Waals surface area (Å²) in [5.74, 6) is 0. The Hall–Kier alpha value is -0.860. The standard InChI is InChI=1S/C15H29N3/c1-7-11-15(6,10-4)18-13(12-16-17-18)14(5,8-2)9-3/h12H,7-11H2,1-6H3/t15-/m0/s1. The van der Waals surface area contributed by atoms with Crippen LogP contribution in [0.1, 0.15) is 79.3 Å². The van der Waals surface area contributed by atoms with Crippen LogP contribution >= 0.6 is 0 Å². The van der Waals surface area contributed by atoms with E-state index < -0.39 is 0 Å². The Kier molecular flexibility index (Phi) is 4.94. The molecule has 0 spiro atoms. The summed E-state index contributed by atoms with van der Waals surface area (Å²) in [5, 5.41) is 8.60. The van der Waals surface area contributed by atoms with Gasteiger partial charge in [-0.15, -0.1) is 5.10 Å². The predicted molar refractivity (Wildman–Crippen MR) is 76.8 cm³/mol. The highest BCUT2D eigenvalue weighted by atomic mass is 15.5. The van der Waals surface area contributed by atoms with E-state index in [-0.39, 0.29) is 11.0 Å². The van der Waals surface area contributed by atoms with Crippen molar-refractivity contribution in [1.29, 1.82) is 0 Å². The molecule has 0 N–H and O–H groups in total. The molecular weight excluding hydrogens is 222 g/mol. The van der Waals surface area contributed by atoms with Gasteiger partial charge in [-0.25, -0.2) is 4.68 Å². The van der Waals surface area contributed by atoms with Gasteiger partial charge in [-0.1, -0.05) is 46.3 Å². The van der Waals surface area contributed by atoms with E-state index >= 15 is 0 Å². The van der Waals surface area contributed by atoms with Crippen LogP contribution in [-0.4, -0.2) is 15.0 Å². The molecule has 18 heavy (non-hydrogen) atoms. The second kappa shape index (κ2) is 5.85. The summed E-state index contributed by atoms with van der Waals surface area (Å²) < 4.78 is 2.20. The number of nitrogens with zero attached hydrogens (tertiary/aromatic N) is 3. The van der Waals surface area contributed by atoms with Crippen LogP contribution < -0.4 is 0 Å². The van der Waals surface area contributed by atoms with Crippen molar-refractivity contribution in [3.8, 4) is 0 Å². The average molecular weight is 251 g/mol. The highest BCUT2D eigenvalue weighted by molar-refractivity contribution is 5.13. The molecule has 1 heterocycles. The van der Waals surface area contributed by atoms with Gasteiger partial charge in [0.15, 0.2) is 0 Å². The van der Waals surface area contributed by atoms with Crippen molar-refractivity contribution in [3.63, 3.8) is 0 Å². The zero-order valence-corrected chi connectivity index (χ0v) is 13.0. The Labute approximate surface area is 112 Å². The molecule has 0 aliphatic carbocycles. The molecule has 0 saturated heterocycles. The average Bonchev–Trinajstić information content (AvgIpc) is 2.88. The Morgan fingerprint density at radius 3 is 2.11 bits per heavy atom. The Balaban J connectivity index is 3.23. The van der Waals surface area contributed by atoms with Crippen LogP contribution in [0.5, 0.6) is 0 Å². The van der Waals surface area contributed by atoms with E-state index in [2.05, 4.69) is 56.5 Å². The lowest BCUT2D eigenvalue weighted by Crippen LogP contribution is -2.36. The third-order valence-corrected chi connectivity index (χ3v) is 4.79. The molecule has 3 heteroatoms. The second-order valence-electron chi connectivity index (χ2n) is 5.90. The SMILES string of the molecule is CCC[C@](C)(CC)n1nncc1C(C)(CC)CC. The van der Waals surface area contributed by atoms with E-state index in [0.717, 1.165) is 25.7 Å². The Morgan fingerprint density at radius 2 is 1.67 bits per heavy atom. The first-order chi connectivity index (χ1) is 8.47. The molecule has 0 aliphatic heterocycles. The fourth-order valence-electron chi connectivity index (χ4n) is 2.63. The Morgan fingerprint density at radius 1 is 1.06 bits per heavy atom. The molecule has 0 unspecified atom stereocenters. The number of hydrogen-bond acceptors (Lipinski definition) is 2. The third kappa shape index (κ3) is 2.60. The molecule has 3 nitrogen and oxygen atoms in total. The van der Waals surface area contributed by atoms with Crippen LogP contribution in [0.3, 0.4) is 0 Å². The zero-order valence-electron chi connectivity index (χ0n) is 13.0. The fourth-order valence-corrected chi connectivity index (χ4v) is 2.63. The molecule has 104 valence electrons. The molecular formula is C15H29N3. The Bertz CT molecular complexity index is 366. The highest BCUT2D eigenvalue weighted by Crippen LogP contribution is 2.35. The molecule has 0 aromatic carbocycles. The summed E-state index contributed by atoms with van der Waals surface area (Å²) in [5.41, 5.74) is 1.59. The minimum absolute atomic E-state index is 0.103. The van der Waals surface area contributed by atoms with Crippen molar-refractivity contribution in [2.45, 2.75) is 84.6 Å². The van der Waals surface area contributed by atoms with E-state index in [1.165, 1.54) is 12.1 Å². The van der Waals surface area contributed by atoms with Gasteiger partial charge >= 0.3 is 0 Å². The van der Waals surface area contributed by atoms with Crippen molar-refractivity contribution in [3.05, 3.63) is 11.9 Å². The quantitative estimate of drug-likeness (QED) is 0.724. The van der Waals surface area contributed by atoms with Crippen LogP contribution in [0.2, 0.25) is 0 Å². The molecule has 0 amide bonds. The molecule has 1 rings (SSSR count). The van der Waals surface area contributed by atoms with Crippen molar-refractivity contribution in [1.82, 2.24) is 15.0 Å². The lowest BCUT2D eigenvalue weighted by molar-refractivity contribution is 0.222. The largest absolute Gasteiger partial charge is 0.243 e. The van der Waals surface area contributed by atoms with E-state index in [9.17, 15) is 0 Å². The highest BCUT2D eigenvalue weighted by Gasteiger charge is 2.33. The predicted octanol–water partition coefficient (Wildman–Crippen LogP) is 4.28. The van der Waals surface area contributed by atoms with Gasteiger partial charge in [0.05, 0.1) is 17.4 Å². The smallest absolute Gasteiger partial charge is 0.0731 e. The van der Waals surface area contributed by atoms with E-state index in [1.807, 2.05) is 6.20 Å². The van der Waals surface area contributed by atoms with Gasteiger partial charge < -0.3 is 0 Å². The van der Waals surface area contributed by atoms with Gasteiger partial charge in [0.25, 0.3) is 0 Å². The number of rotatable bonds is 7. The molecule has 0 saturated carbocycles. The number of hydrogen-bond donors (Lipinski definition) is 0. The summed E-state index contributed by atoms with van der Waals surface area (Å²) in [6.45, 7) is 13.6. The summed E-state index contributed by atoms with van der Waals surface area (Å²) in [4.78, 5) is 0. The summed E-state index contributed by atoms with van der Waals surface area (Å²) in [6.07, 6.45) is 7.66. The van der Waals surface area contributed by atoms with Crippen molar-refractivity contribution in [2.24, 2.45) is 0 Å². The molecule has 0 aliphatic rings. The first-order valence-corrected chi connectivity index (χ1v) is 7.39. The first-order valence-electron chi connectivity index (χ1n) is 7.39. The minimum atomic E-state index is 0.103. The lowest BCUT2D eigenvalue weighted by atomic mass is 9.80. The summed E-state index contributed by atoms with van der Waals surface area (Å²) >= 11 is 0. The lowest BCUT2D eigenvalue weighted by Gasteiger charge is -2.35. The maximum Gasteiger partial charge on any atom is 0.0731 e. The first kappa shape index (κ1) is 15.2. The van der Waals surface area contributed by atoms with Gasteiger partial charge in [0.1, 0.15) is 0 Å². The molecule has 0 fully saturated rings. The monoisotopic (exact) mass is 251 g/mol. The van der Waals surface area contributed by atoms with Crippen molar-refractivity contribution >= 4 is 0 Å². The summed E-state index contributed by atoms with van der Waals surface area (Å²) in [7, 11) is 0. The van der Waals surface area contributed by atoms with Crippen LogP contribution in [0.4, 0.5) is 0 Å². The summed E-state index contributed by atoms with van der Waals surface area (Å²) in [6, 6.07) is 0. The van der Waals surface area contributed by atoms with Crippen LogP contribution in [0, 0.1) is 0 Å². The molecule has 1 atom stereocenters. The third-order valence-electron chi connectivity index (χ3n) is 4.79. The molecule has 0 radical (unpaired) electrons. The van der Waals surface area contributed by atoms with Crippen LogP contribution in [0.15, 0.2) is 6.20 Å². The minimum Gasteiger partial charge on any atom is -0.243 e. The van der Waals surface area contributed by atoms with Gasteiger partial charge in [0.2, 0.25) is 0 Å². The van der Waals surface area contributed by atoms with E-state index in [4.69, 9.17) is 0 Å². The maximum atomic E-state index is 4.41.